The van der Waals surface area contributed by atoms with E-state index in [2.05, 4.69) is 18.0 Å². The fourth-order valence-corrected chi connectivity index (χ4v) is 2.76. The molecular formula is C18H25Cl3N2O3U. The molecule has 27 heavy (non-hydrogen) atoms. The van der Waals surface area contributed by atoms with E-state index in [0.717, 1.165) is 4.90 Å². The SMILES string of the molecule is C=CCCC[C@H](NC(=O)CC)C(=O)N1C(=O)C=[C-][C@@H]1CCC(Cl)(Cl)Cl.[CH3-].[U+2]. The van der Waals surface area contributed by atoms with Gasteiger partial charge in [-0.25, -0.2) is 6.08 Å². The van der Waals surface area contributed by atoms with Gasteiger partial charge in [-0.1, -0.05) is 47.8 Å². The van der Waals surface area contributed by atoms with Crippen molar-refractivity contribution in [3.05, 3.63) is 32.2 Å². The Morgan fingerprint density at radius 1 is 1.44 bits per heavy atom. The monoisotopic (exact) mass is 660 g/mol. The number of carbonyl (C=O) groups excluding carboxylic acids is 3. The molecule has 0 spiro atoms. The average Bonchev–Trinajstić information content (AvgIpc) is 2.91. The average molecular weight is 662 g/mol. The minimum atomic E-state index is -1.47. The van der Waals surface area contributed by atoms with Crippen LogP contribution >= 0.6 is 34.8 Å². The van der Waals surface area contributed by atoms with Gasteiger partial charge in [0.15, 0.2) is 3.79 Å². The summed E-state index contributed by atoms with van der Waals surface area (Å²) in [5.74, 6) is -1.19. The normalized spacial score (nSPS) is 17.0. The van der Waals surface area contributed by atoms with Gasteiger partial charge in [0.1, 0.15) is 6.04 Å². The first-order valence-corrected chi connectivity index (χ1v) is 9.26. The number of unbranched alkanes of at least 4 members (excludes halogenated alkanes) is 1. The molecule has 0 bridgehead atoms. The number of nitrogens with one attached hydrogen (secondary N) is 1. The fraction of sp³-hybridized carbons (Fsp3) is 0.556. The van der Waals surface area contributed by atoms with Gasteiger partial charge < -0.3 is 22.4 Å². The van der Waals surface area contributed by atoms with Crippen LogP contribution in [-0.4, -0.2) is 38.5 Å². The van der Waals surface area contributed by atoms with Gasteiger partial charge in [0.25, 0.3) is 0 Å². The molecule has 0 aromatic carbocycles. The Kier molecular flexibility index (Phi) is 15.2. The standard InChI is InChI=1S/C17H22Cl3N2O3.CH3.U/c1-3-5-6-7-13(21-14(23)4-2)16(25)22-12(8-9-15(22)24)10-11-17(18,19)20;;/h3,9,12-13H,1,4-7,10-11H2,2H3,(H,21,23);1H3;/q2*-1;+2/t12-,13+;;/m1../s1. The molecule has 0 aromatic rings. The van der Waals surface area contributed by atoms with Crippen molar-refractivity contribution in [3.8, 4) is 0 Å². The molecule has 1 heterocycles. The van der Waals surface area contributed by atoms with Gasteiger partial charge in [0.2, 0.25) is 11.8 Å². The quantitative estimate of drug-likeness (QED) is 0.176. The van der Waals surface area contributed by atoms with Crippen molar-refractivity contribution in [2.24, 2.45) is 0 Å². The number of amides is 3. The summed E-state index contributed by atoms with van der Waals surface area (Å²) in [6.45, 7) is 5.33. The van der Waals surface area contributed by atoms with E-state index < -0.39 is 27.7 Å². The molecule has 5 nitrogen and oxygen atoms in total. The van der Waals surface area contributed by atoms with Gasteiger partial charge in [0.05, 0.1) is 5.91 Å². The molecule has 0 aromatic heterocycles. The smallest absolute Gasteiger partial charge is 0.383 e. The van der Waals surface area contributed by atoms with Crippen molar-refractivity contribution in [3.63, 3.8) is 0 Å². The first-order chi connectivity index (χ1) is 11.7. The molecule has 0 saturated heterocycles. The molecule has 0 aliphatic carbocycles. The maximum Gasteiger partial charge on any atom is 2.00 e. The van der Waals surface area contributed by atoms with Crippen molar-refractivity contribution >= 4 is 52.5 Å². The second-order valence-corrected chi connectivity index (χ2v) is 8.24. The van der Waals surface area contributed by atoms with Crippen LogP contribution in [0.1, 0.15) is 45.4 Å². The van der Waals surface area contributed by atoms with E-state index in [9.17, 15) is 14.4 Å². The Balaban J connectivity index is 0. The van der Waals surface area contributed by atoms with Gasteiger partial charge in [-0.2, -0.15) is 6.08 Å². The van der Waals surface area contributed by atoms with Crippen LogP contribution in [0, 0.1) is 44.6 Å². The summed E-state index contributed by atoms with van der Waals surface area (Å²) >= 11 is 17.2. The maximum absolute atomic E-state index is 12.8. The molecule has 2 atom stereocenters. The van der Waals surface area contributed by atoms with Crippen LogP contribution in [0.25, 0.3) is 0 Å². The number of rotatable bonds is 9. The number of imide groups is 1. The number of hydrogen-bond acceptors (Lipinski definition) is 3. The number of hydrogen-bond donors (Lipinski definition) is 1. The van der Waals surface area contributed by atoms with Crippen LogP contribution in [-0.2, 0) is 14.4 Å². The van der Waals surface area contributed by atoms with Crippen LogP contribution in [0.3, 0.4) is 0 Å². The molecular weight excluding hydrogens is 637 g/mol. The molecule has 0 fully saturated rings. The van der Waals surface area contributed by atoms with E-state index in [-0.39, 0.29) is 63.7 Å². The van der Waals surface area contributed by atoms with Gasteiger partial charge in [0, 0.05) is 6.42 Å². The summed E-state index contributed by atoms with van der Waals surface area (Å²) in [5, 5.41) is 2.68. The van der Waals surface area contributed by atoms with Gasteiger partial charge >= 0.3 is 31.1 Å². The number of nitrogens with zero attached hydrogens (tertiary/aromatic N) is 1. The Morgan fingerprint density at radius 2 is 2.07 bits per heavy atom. The molecule has 1 aliphatic rings. The molecule has 1 rings (SSSR count). The first kappa shape index (κ1) is 29.2. The largest absolute Gasteiger partial charge is 2.00 e. The van der Waals surface area contributed by atoms with Crippen molar-refractivity contribution in [2.75, 3.05) is 0 Å². The van der Waals surface area contributed by atoms with Gasteiger partial charge in [-0.05, 0) is 38.1 Å². The van der Waals surface area contributed by atoms with Crippen LogP contribution in [0.2, 0.25) is 0 Å². The minimum Gasteiger partial charge on any atom is -0.383 e. The molecule has 0 saturated carbocycles. The van der Waals surface area contributed by atoms with E-state index in [4.69, 9.17) is 34.8 Å². The second-order valence-electron chi connectivity index (χ2n) is 5.72. The number of allylic oxidation sites excluding steroid dienone is 1. The summed E-state index contributed by atoms with van der Waals surface area (Å²) in [4.78, 5) is 37.8. The number of alkyl halides is 3. The van der Waals surface area contributed by atoms with E-state index in [1.165, 1.54) is 6.08 Å². The van der Waals surface area contributed by atoms with E-state index in [1.54, 1.807) is 13.0 Å². The van der Waals surface area contributed by atoms with Crippen LogP contribution in [0.15, 0.2) is 18.7 Å². The zero-order valence-corrected chi connectivity index (χ0v) is 22.0. The Labute approximate surface area is 200 Å². The van der Waals surface area contributed by atoms with Crippen molar-refractivity contribution in [1.29, 1.82) is 0 Å². The van der Waals surface area contributed by atoms with Crippen molar-refractivity contribution in [2.45, 2.75) is 61.3 Å². The molecule has 0 radical (unpaired) electrons. The van der Waals surface area contributed by atoms with Crippen LogP contribution in [0.5, 0.6) is 0 Å². The third-order valence-corrected chi connectivity index (χ3v) is 4.31. The second kappa shape index (κ2) is 14.1. The topological polar surface area (TPSA) is 66.5 Å². The van der Waals surface area contributed by atoms with E-state index in [1.807, 2.05) is 0 Å². The van der Waals surface area contributed by atoms with E-state index >= 15 is 0 Å². The maximum atomic E-state index is 12.8. The van der Waals surface area contributed by atoms with Gasteiger partial charge in [-0.3, -0.25) is 9.59 Å². The Hall–Kier alpha value is 0.0119. The van der Waals surface area contributed by atoms with Crippen LogP contribution in [0.4, 0.5) is 0 Å². The summed E-state index contributed by atoms with van der Waals surface area (Å²) in [6.07, 6.45) is 8.27. The van der Waals surface area contributed by atoms with E-state index in [0.29, 0.717) is 19.3 Å². The molecule has 1 aliphatic heterocycles. The molecule has 0 unspecified atom stereocenters. The van der Waals surface area contributed by atoms with Crippen LogP contribution < -0.4 is 5.32 Å². The molecule has 3 amide bonds. The first-order valence-electron chi connectivity index (χ1n) is 8.13. The molecule has 9 heteroatoms. The summed E-state index contributed by atoms with van der Waals surface area (Å²) < 4.78 is -1.47. The van der Waals surface area contributed by atoms with Gasteiger partial charge in [-0.15, -0.1) is 6.58 Å². The molecule has 1 N–H and O–H groups in total. The predicted octanol–water partition coefficient (Wildman–Crippen LogP) is 3.93. The Bertz CT molecular complexity index is 550. The predicted molar refractivity (Wildman–Crippen MR) is 106 cm³/mol. The third kappa shape index (κ3) is 10.4. The molecule has 150 valence electrons. The zero-order valence-electron chi connectivity index (χ0n) is 15.6. The fourth-order valence-electron chi connectivity index (χ4n) is 2.43. The van der Waals surface area contributed by atoms with Crippen molar-refractivity contribution in [1.82, 2.24) is 10.2 Å². The third-order valence-electron chi connectivity index (χ3n) is 3.74. The minimum absolute atomic E-state index is 0. The summed E-state index contributed by atoms with van der Waals surface area (Å²) in [7, 11) is 0. The summed E-state index contributed by atoms with van der Waals surface area (Å²) in [5.41, 5.74) is 0. The number of halogens is 3. The Morgan fingerprint density at radius 3 is 2.59 bits per heavy atom. The summed E-state index contributed by atoms with van der Waals surface area (Å²) in [6, 6.07) is -1.38. The number of carbonyl (C=O) groups is 3. The van der Waals surface area contributed by atoms with Crippen molar-refractivity contribution < 1.29 is 45.5 Å². The zero-order chi connectivity index (χ0) is 19.0.